The molecule has 5 nitrogen and oxygen atoms in total. The SMILES string of the molecule is Cc1ccccc1[C@H]1CC(=O)Nc2sc3c(C)c(C#N)c(N)nc3c21. The van der Waals surface area contributed by atoms with Gasteiger partial charge in [-0.2, -0.15) is 5.26 Å². The molecule has 0 saturated carbocycles. The van der Waals surface area contributed by atoms with Crippen molar-refractivity contribution >= 4 is 38.3 Å². The molecule has 3 N–H and O–H groups in total. The molecular weight excluding hydrogens is 332 g/mol. The Morgan fingerprint density at radius 2 is 2.12 bits per heavy atom. The molecule has 0 spiro atoms. The van der Waals surface area contributed by atoms with Crippen LogP contribution in [0.5, 0.6) is 0 Å². The maximum atomic E-state index is 12.3. The predicted octanol–water partition coefficient (Wildman–Crippen LogP) is 3.84. The van der Waals surface area contributed by atoms with E-state index < -0.39 is 0 Å². The molecule has 0 bridgehead atoms. The zero-order valence-corrected chi connectivity index (χ0v) is 14.7. The number of anilines is 2. The van der Waals surface area contributed by atoms with E-state index in [0.29, 0.717) is 12.0 Å². The van der Waals surface area contributed by atoms with Crippen LogP contribution < -0.4 is 11.1 Å². The van der Waals surface area contributed by atoms with Crippen molar-refractivity contribution in [3.05, 3.63) is 52.1 Å². The molecule has 3 heterocycles. The Kier molecular flexibility index (Phi) is 3.48. The highest BCUT2D eigenvalue weighted by Crippen LogP contribution is 2.48. The summed E-state index contributed by atoms with van der Waals surface area (Å²) in [7, 11) is 0. The van der Waals surface area contributed by atoms with Gasteiger partial charge in [0.05, 0.1) is 15.8 Å². The highest BCUT2D eigenvalue weighted by molar-refractivity contribution is 7.23. The average molecular weight is 348 g/mol. The van der Waals surface area contributed by atoms with Crippen LogP contribution in [0.25, 0.3) is 10.2 Å². The van der Waals surface area contributed by atoms with Crippen molar-refractivity contribution in [2.24, 2.45) is 0 Å². The fourth-order valence-electron chi connectivity index (χ4n) is 3.55. The van der Waals surface area contributed by atoms with Gasteiger partial charge in [-0.1, -0.05) is 24.3 Å². The maximum absolute atomic E-state index is 12.3. The number of carbonyl (C=O) groups excluding carboxylic acids is 1. The third-order valence-electron chi connectivity index (χ3n) is 4.79. The number of carbonyl (C=O) groups is 1. The zero-order chi connectivity index (χ0) is 17.7. The summed E-state index contributed by atoms with van der Waals surface area (Å²) in [6, 6.07) is 10.2. The number of pyridine rings is 1. The number of hydrogen-bond acceptors (Lipinski definition) is 5. The Morgan fingerprint density at radius 1 is 1.36 bits per heavy atom. The number of nitrogens with zero attached hydrogens (tertiary/aromatic N) is 2. The number of amides is 1. The van der Waals surface area contributed by atoms with E-state index >= 15 is 0 Å². The maximum Gasteiger partial charge on any atom is 0.225 e. The van der Waals surface area contributed by atoms with Gasteiger partial charge in [-0.3, -0.25) is 4.79 Å². The highest BCUT2D eigenvalue weighted by Gasteiger charge is 2.32. The molecule has 1 aliphatic rings. The van der Waals surface area contributed by atoms with Gasteiger partial charge in [-0.05, 0) is 30.5 Å². The highest BCUT2D eigenvalue weighted by atomic mass is 32.1. The van der Waals surface area contributed by atoms with Gasteiger partial charge < -0.3 is 11.1 Å². The number of thiophene rings is 1. The Hall–Kier alpha value is -2.91. The molecule has 0 saturated heterocycles. The number of nitrogen functional groups attached to an aromatic ring is 1. The number of aryl methyl sites for hydroxylation is 2. The zero-order valence-electron chi connectivity index (χ0n) is 13.9. The second kappa shape index (κ2) is 5.57. The Bertz CT molecular complexity index is 1080. The molecule has 1 atom stereocenters. The van der Waals surface area contributed by atoms with E-state index in [1.165, 1.54) is 11.3 Å². The van der Waals surface area contributed by atoms with Crippen LogP contribution in [-0.4, -0.2) is 10.9 Å². The molecule has 0 unspecified atom stereocenters. The smallest absolute Gasteiger partial charge is 0.225 e. The number of benzene rings is 1. The molecular formula is C19H16N4OS. The Labute approximate surface area is 149 Å². The van der Waals surface area contributed by atoms with Crippen molar-refractivity contribution in [2.75, 3.05) is 11.1 Å². The lowest BCUT2D eigenvalue weighted by Crippen LogP contribution is -2.22. The van der Waals surface area contributed by atoms with Gasteiger partial charge in [-0.15, -0.1) is 11.3 Å². The van der Waals surface area contributed by atoms with Crippen molar-refractivity contribution in [1.29, 1.82) is 5.26 Å². The fraction of sp³-hybridized carbons (Fsp3) is 0.211. The van der Waals surface area contributed by atoms with E-state index in [4.69, 9.17) is 5.73 Å². The van der Waals surface area contributed by atoms with Gasteiger partial charge in [0.15, 0.2) is 0 Å². The van der Waals surface area contributed by atoms with Crippen molar-refractivity contribution in [1.82, 2.24) is 4.98 Å². The molecule has 6 heteroatoms. The summed E-state index contributed by atoms with van der Waals surface area (Å²) in [5.41, 5.74) is 11.3. The van der Waals surface area contributed by atoms with E-state index in [2.05, 4.69) is 35.4 Å². The first-order chi connectivity index (χ1) is 12.0. The van der Waals surface area contributed by atoms with Crippen molar-refractivity contribution in [3.63, 3.8) is 0 Å². The lowest BCUT2D eigenvalue weighted by molar-refractivity contribution is -0.116. The van der Waals surface area contributed by atoms with Crippen LogP contribution in [-0.2, 0) is 4.79 Å². The number of nitrogens with one attached hydrogen (secondary N) is 1. The quantitative estimate of drug-likeness (QED) is 0.699. The largest absolute Gasteiger partial charge is 0.383 e. The van der Waals surface area contributed by atoms with E-state index in [1.54, 1.807) is 0 Å². The van der Waals surface area contributed by atoms with Crippen LogP contribution in [0.4, 0.5) is 10.8 Å². The molecule has 0 fully saturated rings. The summed E-state index contributed by atoms with van der Waals surface area (Å²) >= 11 is 1.47. The number of hydrogen-bond donors (Lipinski definition) is 2. The standard InChI is InChI=1S/C19H16N4OS/c1-9-5-3-4-6-11(9)12-7-14(24)22-19-15(12)16-17(25-19)10(2)13(8-20)18(21)23-16/h3-6,12H,7H2,1-2H3,(H2,21,23)(H,22,24)/t12-/m1/s1. The number of aromatic nitrogens is 1. The molecule has 124 valence electrons. The average Bonchev–Trinajstić information content (AvgIpc) is 2.93. The first kappa shape index (κ1) is 15.6. The van der Waals surface area contributed by atoms with Crippen molar-refractivity contribution in [2.45, 2.75) is 26.2 Å². The molecule has 1 aromatic carbocycles. The second-order valence-electron chi connectivity index (χ2n) is 6.29. The lowest BCUT2D eigenvalue weighted by Gasteiger charge is -2.24. The lowest BCUT2D eigenvalue weighted by atomic mass is 9.84. The molecule has 2 aromatic heterocycles. The minimum atomic E-state index is -0.0575. The first-order valence-corrected chi connectivity index (χ1v) is 8.80. The summed E-state index contributed by atoms with van der Waals surface area (Å²) in [4.78, 5) is 16.8. The molecule has 25 heavy (non-hydrogen) atoms. The number of fused-ring (bicyclic) bond motifs is 3. The Balaban J connectivity index is 2.05. The van der Waals surface area contributed by atoms with Crippen molar-refractivity contribution < 1.29 is 4.79 Å². The minimum absolute atomic E-state index is 0.00144. The summed E-state index contributed by atoms with van der Waals surface area (Å²) in [6.45, 7) is 3.93. The molecule has 1 aliphatic heterocycles. The monoisotopic (exact) mass is 348 g/mol. The normalized spacial score (nSPS) is 16.4. The number of nitriles is 1. The van der Waals surface area contributed by atoms with E-state index in [1.807, 2.05) is 19.1 Å². The van der Waals surface area contributed by atoms with Crippen LogP contribution in [0.15, 0.2) is 24.3 Å². The van der Waals surface area contributed by atoms with Crippen LogP contribution >= 0.6 is 11.3 Å². The van der Waals surface area contributed by atoms with Gasteiger partial charge in [-0.25, -0.2) is 4.98 Å². The number of rotatable bonds is 1. The molecule has 0 aliphatic carbocycles. The minimum Gasteiger partial charge on any atom is -0.383 e. The summed E-state index contributed by atoms with van der Waals surface area (Å²) in [5, 5.41) is 13.1. The van der Waals surface area contributed by atoms with Crippen LogP contribution in [0.2, 0.25) is 0 Å². The van der Waals surface area contributed by atoms with E-state index in [9.17, 15) is 10.1 Å². The van der Waals surface area contributed by atoms with Gasteiger partial charge in [0.25, 0.3) is 0 Å². The molecule has 1 amide bonds. The van der Waals surface area contributed by atoms with E-state index in [0.717, 1.165) is 37.5 Å². The first-order valence-electron chi connectivity index (χ1n) is 7.99. The predicted molar refractivity (Wildman–Crippen MR) is 99.8 cm³/mol. The van der Waals surface area contributed by atoms with Crippen molar-refractivity contribution in [3.8, 4) is 6.07 Å². The molecule has 4 rings (SSSR count). The van der Waals surface area contributed by atoms with Crippen LogP contribution in [0, 0.1) is 25.2 Å². The van der Waals surface area contributed by atoms with Gasteiger partial charge >= 0.3 is 0 Å². The van der Waals surface area contributed by atoms with Crippen LogP contribution in [0.1, 0.15) is 40.2 Å². The topological polar surface area (TPSA) is 91.8 Å². The van der Waals surface area contributed by atoms with Gasteiger partial charge in [0.1, 0.15) is 16.9 Å². The Morgan fingerprint density at radius 3 is 2.84 bits per heavy atom. The van der Waals surface area contributed by atoms with Crippen LogP contribution in [0.3, 0.4) is 0 Å². The third-order valence-corrected chi connectivity index (χ3v) is 6.02. The number of nitrogens with two attached hydrogens (primary N) is 1. The second-order valence-corrected chi connectivity index (χ2v) is 7.31. The molecule has 3 aromatic rings. The van der Waals surface area contributed by atoms with Gasteiger partial charge in [0.2, 0.25) is 5.91 Å². The summed E-state index contributed by atoms with van der Waals surface area (Å²) in [6.07, 6.45) is 0.379. The van der Waals surface area contributed by atoms with E-state index in [-0.39, 0.29) is 17.6 Å². The summed E-state index contributed by atoms with van der Waals surface area (Å²) in [5.74, 6) is 0.185. The molecule has 0 radical (unpaired) electrons. The summed E-state index contributed by atoms with van der Waals surface area (Å²) < 4.78 is 0.913. The van der Waals surface area contributed by atoms with Gasteiger partial charge in [0, 0.05) is 17.9 Å². The third kappa shape index (κ3) is 2.28. The fourth-order valence-corrected chi connectivity index (χ4v) is 4.77.